The lowest BCUT2D eigenvalue weighted by molar-refractivity contribution is -0.827. The Kier molecular flexibility index (Phi) is 13.5. The summed E-state index contributed by atoms with van der Waals surface area (Å²) in [5, 5.41) is 3.55. The minimum absolute atomic E-state index is 0.129. The van der Waals surface area contributed by atoms with Crippen LogP contribution in [0.5, 0.6) is 0 Å². The van der Waals surface area contributed by atoms with Crippen LogP contribution in [0, 0.1) is 5.92 Å². The number of amidine groups is 1. The average molecular weight is 459 g/mol. The summed E-state index contributed by atoms with van der Waals surface area (Å²) in [5.74, 6) is 1.43. The SMILES string of the molecule is C/C=C(/C[N+](C)(CN(C=O)CCN1CCOCC1)C(CNCC)=NC)[C@H](C)C[C@@H](C)Cl. The maximum atomic E-state index is 12.0. The van der Waals surface area contributed by atoms with Crippen molar-refractivity contribution in [3.05, 3.63) is 11.6 Å². The number of nitrogens with zero attached hydrogens (tertiary/aromatic N) is 4. The van der Waals surface area contributed by atoms with Gasteiger partial charge in [-0.05, 0) is 38.3 Å². The quantitative estimate of drug-likeness (QED) is 0.0825. The van der Waals surface area contributed by atoms with Gasteiger partial charge in [-0.1, -0.05) is 19.9 Å². The standard InChI is InChI=1S/C23H45ClN5O2/c1-7-22(20(3)15-21(4)24)17-29(6,23(25-5)16-26-8-2)18-28(19-30)10-9-27-11-13-31-14-12-27/h7,19-21,26H,8-18H2,1-6H3/q+1/b22-7-,25-23?/t20-,21-,29?/m1/s1. The van der Waals surface area contributed by atoms with Crippen LogP contribution >= 0.6 is 11.6 Å². The van der Waals surface area contributed by atoms with Gasteiger partial charge in [0, 0.05) is 38.6 Å². The van der Waals surface area contributed by atoms with Gasteiger partial charge in [-0.3, -0.25) is 19.1 Å². The largest absolute Gasteiger partial charge is 0.379 e. The Balaban J connectivity index is 2.99. The van der Waals surface area contributed by atoms with Crippen LogP contribution in [0.25, 0.3) is 0 Å². The number of quaternary nitrogens is 1. The Bertz CT molecular complexity index is 578. The van der Waals surface area contributed by atoms with Crippen LogP contribution in [0.3, 0.4) is 0 Å². The maximum Gasteiger partial charge on any atom is 0.214 e. The van der Waals surface area contributed by atoms with Crippen molar-refractivity contribution >= 4 is 23.8 Å². The van der Waals surface area contributed by atoms with Crippen molar-refractivity contribution in [2.75, 3.05) is 79.8 Å². The fraction of sp³-hybridized carbons (Fsp3) is 0.826. The highest BCUT2D eigenvalue weighted by Gasteiger charge is 2.33. The Morgan fingerprint density at radius 2 is 2.03 bits per heavy atom. The zero-order valence-electron chi connectivity index (χ0n) is 20.6. The summed E-state index contributed by atoms with van der Waals surface area (Å²) in [6.45, 7) is 16.4. The summed E-state index contributed by atoms with van der Waals surface area (Å²) >= 11 is 6.29. The molecule has 1 saturated heterocycles. The number of ether oxygens (including phenoxy) is 1. The van der Waals surface area contributed by atoms with Crippen molar-refractivity contribution in [3.63, 3.8) is 0 Å². The number of morpholine rings is 1. The molecule has 0 aromatic heterocycles. The molecule has 1 amide bonds. The monoisotopic (exact) mass is 458 g/mol. The van der Waals surface area contributed by atoms with E-state index in [2.05, 4.69) is 49.1 Å². The third-order valence-corrected chi connectivity index (χ3v) is 6.26. The fourth-order valence-corrected chi connectivity index (χ4v) is 4.46. The van der Waals surface area contributed by atoms with E-state index < -0.39 is 0 Å². The molecule has 8 heteroatoms. The van der Waals surface area contributed by atoms with Crippen molar-refractivity contribution in [1.29, 1.82) is 0 Å². The molecule has 1 rings (SSSR count). The molecule has 0 bridgehead atoms. The Morgan fingerprint density at radius 3 is 2.55 bits per heavy atom. The van der Waals surface area contributed by atoms with E-state index in [0.29, 0.717) is 30.2 Å². The highest BCUT2D eigenvalue weighted by molar-refractivity contribution is 6.20. The first kappa shape index (κ1) is 28.0. The predicted octanol–water partition coefficient (Wildman–Crippen LogP) is 2.42. The molecule has 0 aliphatic carbocycles. The number of amides is 1. The van der Waals surface area contributed by atoms with Gasteiger partial charge in [-0.2, -0.15) is 0 Å². The first-order valence-electron chi connectivity index (χ1n) is 11.6. The molecule has 180 valence electrons. The van der Waals surface area contributed by atoms with E-state index in [1.807, 2.05) is 18.9 Å². The number of carbonyl (C=O) groups is 1. The van der Waals surface area contributed by atoms with Gasteiger partial charge in [-0.15, -0.1) is 11.6 Å². The van der Waals surface area contributed by atoms with E-state index >= 15 is 0 Å². The number of alkyl halides is 1. The van der Waals surface area contributed by atoms with Gasteiger partial charge in [0.05, 0.1) is 26.8 Å². The van der Waals surface area contributed by atoms with Gasteiger partial charge in [0.1, 0.15) is 6.54 Å². The zero-order chi connectivity index (χ0) is 23.3. The van der Waals surface area contributed by atoms with Crippen LogP contribution < -0.4 is 5.32 Å². The van der Waals surface area contributed by atoms with E-state index in [0.717, 1.165) is 64.6 Å². The molecule has 0 aromatic carbocycles. The summed E-state index contributed by atoms with van der Waals surface area (Å²) in [4.78, 5) is 20.9. The van der Waals surface area contributed by atoms with Crippen molar-refractivity contribution in [2.45, 2.75) is 39.5 Å². The van der Waals surface area contributed by atoms with E-state index in [1.165, 1.54) is 5.57 Å². The number of halogens is 1. The van der Waals surface area contributed by atoms with Gasteiger partial charge in [-0.25, -0.2) is 4.99 Å². The highest BCUT2D eigenvalue weighted by atomic mass is 35.5. The number of rotatable bonds is 14. The van der Waals surface area contributed by atoms with Crippen molar-refractivity contribution in [1.82, 2.24) is 15.1 Å². The second-order valence-corrected chi connectivity index (χ2v) is 9.51. The number of carbonyl (C=O) groups excluding carboxylic acids is 1. The molecule has 1 fully saturated rings. The van der Waals surface area contributed by atoms with Crippen molar-refractivity contribution < 1.29 is 14.0 Å². The molecule has 1 aliphatic rings. The molecule has 0 radical (unpaired) electrons. The fourth-order valence-electron chi connectivity index (χ4n) is 4.20. The van der Waals surface area contributed by atoms with Gasteiger partial charge < -0.3 is 10.1 Å². The number of nitrogens with one attached hydrogen (secondary N) is 1. The Hall–Kier alpha value is -0.990. The lowest BCUT2D eigenvalue weighted by atomic mass is 9.94. The van der Waals surface area contributed by atoms with E-state index in [9.17, 15) is 4.79 Å². The van der Waals surface area contributed by atoms with Gasteiger partial charge in [0.25, 0.3) is 0 Å². The van der Waals surface area contributed by atoms with Gasteiger partial charge in [0.2, 0.25) is 12.2 Å². The second kappa shape index (κ2) is 15.0. The minimum Gasteiger partial charge on any atom is -0.379 e. The number of hydrogen-bond donors (Lipinski definition) is 1. The molecule has 31 heavy (non-hydrogen) atoms. The smallest absolute Gasteiger partial charge is 0.214 e. The van der Waals surface area contributed by atoms with E-state index in [-0.39, 0.29) is 5.38 Å². The summed E-state index contributed by atoms with van der Waals surface area (Å²) in [6.07, 6.45) is 4.12. The number of likely N-dealkylation sites (N-methyl/N-ethyl adjacent to an activating group) is 2. The van der Waals surface area contributed by atoms with Crippen LogP contribution in [0.15, 0.2) is 16.6 Å². The van der Waals surface area contributed by atoms with Gasteiger partial charge in [0.15, 0.2) is 6.67 Å². The lowest BCUT2D eigenvalue weighted by Gasteiger charge is -2.39. The molecule has 7 nitrogen and oxygen atoms in total. The topological polar surface area (TPSA) is 57.2 Å². The molecule has 1 aliphatic heterocycles. The predicted molar refractivity (Wildman–Crippen MR) is 131 cm³/mol. The Labute approximate surface area is 195 Å². The number of aliphatic imine (C=N–C) groups is 1. The third kappa shape index (κ3) is 10.00. The zero-order valence-corrected chi connectivity index (χ0v) is 21.3. The second-order valence-electron chi connectivity index (χ2n) is 8.77. The number of allylic oxidation sites excluding steroid dienone is 1. The van der Waals surface area contributed by atoms with Crippen LogP contribution in [-0.2, 0) is 9.53 Å². The van der Waals surface area contributed by atoms with E-state index in [4.69, 9.17) is 16.3 Å². The van der Waals surface area contributed by atoms with Gasteiger partial charge >= 0.3 is 0 Å². The van der Waals surface area contributed by atoms with Crippen molar-refractivity contribution in [3.8, 4) is 0 Å². The van der Waals surface area contributed by atoms with Crippen molar-refractivity contribution in [2.24, 2.45) is 10.9 Å². The van der Waals surface area contributed by atoms with Crippen LogP contribution in [0.2, 0.25) is 0 Å². The molecular formula is C23H45ClN5O2+. The molecular weight excluding hydrogens is 414 g/mol. The molecule has 1 N–H and O–H groups in total. The van der Waals surface area contributed by atoms with Crippen LogP contribution in [-0.4, -0.2) is 112 Å². The summed E-state index contributed by atoms with van der Waals surface area (Å²) in [5.41, 5.74) is 1.35. The highest BCUT2D eigenvalue weighted by Crippen LogP contribution is 2.23. The molecule has 3 atom stereocenters. The molecule has 1 unspecified atom stereocenters. The molecule has 0 aromatic rings. The molecule has 0 saturated carbocycles. The first-order chi connectivity index (χ1) is 14.8. The summed E-state index contributed by atoms with van der Waals surface area (Å²) in [7, 11) is 4.03. The molecule has 1 heterocycles. The molecule has 0 spiro atoms. The Morgan fingerprint density at radius 1 is 1.35 bits per heavy atom. The normalized spacial score (nSPS) is 20.2. The lowest BCUT2D eigenvalue weighted by Crippen LogP contribution is -2.59. The third-order valence-electron chi connectivity index (χ3n) is 6.08. The summed E-state index contributed by atoms with van der Waals surface area (Å²) in [6, 6.07) is 0. The average Bonchev–Trinajstić information content (AvgIpc) is 2.75. The first-order valence-corrected chi connectivity index (χ1v) is 12.0. The number of hydrogen-bond acceptors (Lipinski definition) is 5. The van der Waals surface area contributed by atoms with Crippen LogP contribution in [0.1, 0.15) is 34.1 Å². The maximum absolute atomic E-state index is 12.0. The summed E-state index contributed by atoms with van der Waals surface area (Å²) < 4.78 is 6.01. The minimum atomic E-state index is 0.129. The van der Waals surface area contributed by atoms with Crippen LogP contribution in [0.4, 0.5) is 0 Å². The van der Waals surface area contributed by atoms with E-state index in [1.54, 1.807) is 0 Å².